The predicted molar refractivity (Wildman–Crippen MR) is 145 cm³/mol. The zero-order chi connectivity index (χ0) is 26.6. The van der Waals surface area contributed by atoms with E-state index in [0.29, 0.717) is 0 Å². The minimum absolute atomic E-state index is 0.123. The van der Waals surface area contributed by atoms with Gasteiger partial charge in [-0.25, -0.2) is 0 Å². The number of hydrogen-bond donors (Lipinski definition) is 0. The number of hydrogen-bond acceptors (Lipinski definition) is 7. The monoisotopic (exact) mass is 538 g/mol. The van der Waals surface area contributed by atoms with Crippen molar-refractivity contribution in [2.45, 2.75) is 104 Å². The first-order chi connectivity index (χ1) is 16.6. The van der Waals surface area contributed by atoms with E-state index >= 15 is 0 Å². The Bertz CT molecular complexity index is 700. The van der Waals surface area contributed by atoms with Crippen molar-refractivity contribution in [1.29, 1.82) is 0 Å². The van der Waals surface area contributed by atoms with Crippen molar-refractivity contribution in [3.05, 3.63) is 0 Å². The van der Waals surface area contributed by atoms with Gasteiger partial charge in [0, 0.05) is 0 Å². The molecule has 0 aromatic carbocycles. The Morgan fingerprint density at radius 2 is 1.03 bits per heavy atom. The molecular weight excluding hydrogens is 487 g/mol. The van der Waals surface area contributed by atoms with Crippen LogP contribution in [0.3, 0.4) is 0 Å². The van der Waals surface area contributed by atoms with Gasteiger partial charge in [-0.05, 0) is 0 Å². The molecule has 2 unspecified atom stereocenters. The van der Waals surface area contributed by atoms with E-state index in [1.54, 1.807) is 0 Å². The Labute approximate surface area is 214 Å². The molecule has 1 aliphatic rings. The first-order valence-electron chi connectivity index (χ1n) is 13.7. The number of unbranched alkanes of at least 4 members (excludes halogenated alkanes) is 4. The summed E-state index contributed by atoms with van der Waals surface area (Å²) >= 11 is 0. The molecule has 0 N–H and O–H groups in total. The van der Waals surface area contributed by atoms with Crippen LogP contribution in [0.4, 0.5) is 0 Å². The quantitative estimate of drug-likeness (QED) is 0.162. The molecule has 0 heterocycles. The van der Waals surface area contributed by atoms with E-state index in [1.807, 2.05) is 0 Å². The molecule has 0 spiro atoms. The average molecular weight is 539 g/mol. The molecule has 208 valence electrons. The van der Waals surface area contributed by atoms with Gasteiger partial charge < -0.3 is 0 Å². The van der Waals surface area contributed by atoms with E-state index in [4.69, 9.17) is 13.4 Å². The van der Waals surface area contributed by atoms with E-state index in [-0.39, 0.29) is 19.3 Å². The standard InChI is InChI=1S/C26H51O7PS/c1-7-11-15-34(16-12-8-2,17-13-9-3,18-14-10-4)33-35(29,30)24-20-22(25(27)31-5)19-23(21-24)26(28)32-6/h22-24H,7-21H2,1-6H3. The first-order valence-corrected chi connectivity index (χ1v) is 18.0. The number of methoxy groups -OCH3 is 2. The van der Waals surface area contributed by atoms with E-state index in [1.165, 1.54) is 14.2 Å². The summed E-state index contributed by atoms with van der Waals surface area (Å²) in [5.74, 6) is -2.29. The van der Waals surface area contributed by atoms with Gasteiger partial charge in [-0.1, -0.05) is 0 Å². The topological polar surface area (TPSA) is 96.0 Å². The van der Waals surface area contributed by atoms with Crippen molar-refractivity contribution in [1.82, 2.24) is 0 Å². The molecule has 0 aliphatic heterocycles. The third-order valence-electron chi connectivity index (χ3n) is 7.77. The molecule has 1 fully saturated rings. The molecule has 0 saturated heterocycles. The number of carbonyl (C=O) groups is 2. The molecule has 1 saturated carbocycles. The SMILES string of the molecule is CCCCP(CCCC)(CCCC)(CCCC)OS(=O)(=O)C1CC(C(=O)OC)CC(C(=O)OC)C1. The summed E-state index contributed by atoms with van der Waals surface area (Å²) in [5.41, 5.74) is 0. The molecule has 1 aliphatic carbocycles. The second-order valence-corrected chi connectivity index (χ2v) is 18.3. The van der Waals surface area contributed by atoms with Crippen molar-refractivity contribution in [3.8, 4) is 0 Å². The molecule has 35 heavy (non-hydrogen) atoms. The van der Waals surface area contributed by atoms with Crippen LogP contribution < -0.4 is 0 Å². The first kappa shape index (κ1) is 32.3. The van der Waals surface area contributed by atoms with Crippen molar-refractivity contribution in [3.63, 3.8) is 0 Å². The molecule has 1 rings (SSSR count). The maximum atomic E-state index is 14.1. The van der Waals surface area contributed by atoms with Gasteiger partial charge in [-0.2, -0.15) is 0 Å². The summed E-state index contributed by atoms with van der Waals surface area (Å²) in [5, 5.41) is -0.919. The van der Waals surface area contributed by atoms with Gasteiger partial charge in [0.25, 0.3) is 0 Å². The van der Waals surface area contributed by atoms with Gasteiger partial charge in [0.05, 0.1) is 0 Å². The van der Waals surface area contributed by atoms with Gasteiger partial charge in [-0.15, -0.1) is 0 Å². The second kappa shape index (κ2) is 14.9. The number of ether oxygens (including phenoxy) is 2. The van der Waals surface area contributed by atoms with Crippen molar-refractivity contribution < 1.29 is 31.5 Å². The second-order valence-electron chi connectivity index (χ2n) is 10.5. The van der Waals surface area contributed by atoms with Gasteiger partial charge >= 0.3 is 215 Å². The fourth-order valence-electron chi connectivity index (χ4n) is 5.63. The van der Waals surface area contributed by atoms with Crippen molar-refractivity contribution in [2.24, 2.45) is 11.8 Å². The third-order valence-corrected chi connectivity index (χ3v) is 17.3. The third kappa shape index (κ3) is 8.96. The van der Waals surface area contributed by atoms with Gasteiger partial charge in [0.2, 0.25) is 0 Å². The van der Waals surface area contributed by atoms with Crippen LogP contribution in [-0.2, 0) is 33.2 Å². The van der Waals surface area contributed by atoms with Crippen LogP contribution in [-0.4, -0.2) is 64.5 Å². The fraction of sp³-hybridized carbons (Fsp3) is 0.923. The molecular formula is C26H51O7PS. The molecule has 0 aromatic rings. The predicted octanol–water partition coefficient (Wildman–Crippen LogP) is 6.13. The number of esters is 2. The Morgan fingerprint density at radius 3 is 1.31 bits per heavy atom. The maximum absolute atomic E-state index is 14.1. The molecule has 0 bridgehead atoms. The van der Waals surface area contributed by atoms with E-state index in [0.717, 1.165) is 76.0 Å². The Kier molecular flexibility index (Phi) is 13.7. The van der Waals surface area contributed by atoms with Crippen molar-refractivity contribution in [2.75, 3.05) is 38.9 Å². The Hall–Kier alpha value is -0.720. The van der Waals surface area contributed by atoms with E-state index < -0.39 is 46.0 Å². The van der Waals surface area contributed by atoms with Crippen LogP contribution >= 0.6 is 6.83 Å². The average Bonchev–Trinajstić information content (AvgIpc) is 2.87. The van der Waals surface area contributed by atoms with Crippen LogP contribution in [0.5, 0.6) is 0 Å². The number of carbonyl (C=O) groups excluding carboxylic acids is 2. The minimum atomic E-state index is -4.03. The van der Waals surface area contributed by atoms with E-state index in [9.17, 15) is 18.0 Å². The number of rotatable bonds is 17. The van der Waals surface area contributed by atoms with Crippen LogP contribution in [0.1, 0.15) is 98.3 Å². The van der Waals surface area contributed by atoms with Crippen LogP contribution in [0.2, 0.25) is 0 Å². The van der Waals surface area contributed by atoms with Crippen LogP contribution in [0, 0.1) is 11.8 Å². The zero-order valence-electron chi connectivity index (χ0n) is 23.1. The molecule has 0 amide bonds. The molecule has 0 radical (unpaired) electrons. The van der Waals surface area contributed by atoms with Crippen LogP contribution in [0.15, 0.2) is 0 Å². The molecule has 0 aromatic heterocycles. The molecule has 9 heteroatoms. The summed E-state index contributed by atoms with van der Waals surface area (Å²) < 4.78 is 44.7. The fourth-order valence-corrected chi connectivity index (χ4v) is 16.4. The van der Waals surface area contributed by atoms with Crippen LogP contribution in [0.25, 0.3) is 0 Å². The normalized spacial score (nSPS) is 22.2. The van der Waals surface area contributed by atoms with Gasteiger partial charge in [0.15, 0.2) is 0 Å². The van der Waals surface area contributed by atoms with E-state index in [2.05, 4.69) is 27.7 Å². The Morgan fingerprint density at radius 1 is 0.686 bits per heavy atom. The van der Waals surface area contributed by atoms with Gasteiger partial charge in [-0.3, -0.25) is 0 Å². The Balaban J connectivity index is 3.51. The van der Waals surface area contributed by atoms with Crippen molar-refractivity contribution >= 4 is 28.9 Å². The summed E-state index contributed by atoms with van der Waals surface area (Å²) in [7, 11) is -1.44. The summed E-state index contributed by atoms with van der Waals surface area (Å²) in [6.45, 7) is 5.47. The molecule has 7 nitrogen and oxygen atoms in total. The summed E-state index contributed by atoms with van der Waals surface area (Å²) in [6.07, 6.45) is 11.6. The zero-order valence-corrected chi connectivity index (χ0v) is 24.8. The van der Waals surface area contributed by atoms with Gasteiger partial charge in [0.1, 0.15) is 0 Å². The molecule has 2 atom stereocenters. The summed E-state index contributed by atoms with van der Waals surface area (Å²) in [4.78, 5) is 24.8. The summed E-state index contributed by atoms with van der Waals surface area (Å²) in [6, 6.07) is 0.